The summed E-state index contributed by atoms with van der Waals surface area (Å²) >= 11 is 0. The third kappa shape index (κ3) is 3.43. The minimum absolute atomic E-state index is 0. The molecule has 0 spiro atoms. The van der Waals surface area contributed by atoms with Crippen LogP contribution in [0.25, 0.3) is 11.0 Å². The number of piperidine rings is 1. The first-order valence-corrected chi connectivity index (χ1v) is 8.48. The van der Waals surface area contributed by atoms with Gasteiger partial charge in [0.2, 0.25) is 5.91 Å². The molecule has 138 valence electrons. The second-order valence-electron chi connectivity index (χ2n) is 6.65. The molecule has 0 radical (unpaired) electrons. The number of hydrogen-bond donors (Lipinski definition) is 2. The van der Waals surface area contributed by atoms with Crippen molar-refractivity contribution in [3.8, 4) is 0 Å². The summed E-state index contributed by atoms with van der Waals surface area (Å²) in [6, 6.07) is 0.128. The SMILES string of the molecule is Cc1nc2c(c(C)c1CC(=O)N1CCCCC1CN)c(=O)[nH]n2C.Cl. The molecule has 1 unspecified atom stereocenters. The van der Waals surface area contributed by atoms with E-state index in [9.17, 15) is 9.59 Å². The van der Waals surface area contributed by atoms with Gasteiger partial charge in [-0.15, -0.1) is 12.4 Å². The van der Waals surface area contributed by atoms with E-state index in [0.717, 1.165) is 42.6 Å². The highest BCUT2D eigenvalue weighted by atomic mass is 35.5. The van der Waals surface area contributed by atoms with Crippen LogP contribution < -0.4 is 11.3 Å². The number of aromatic amines is 1. The molecule has 25 heavy (non-hydrogen) atoms. The molecule has 1 saturated heterocycles. The minimum Gasteiger partial charge on any atom is -0.338 e. The molecule has 8 heteroatoms. The lowest BCUT2D eigenvalue weighted by atomic mass is 9.98. The van der Waals surface area contributed by atoms with Crippen LogP contribution in [0.15, 0.2) is 4.79 Å². The lowest BCUT2D eigenvalue weighted by Crippen LogP contribution is -2.48. The van der Waals surface area contributed by atoms with Crippen molar-refractivity contribution in [2.45, 2.75) is 45.6 Å². The molecular weight excluding hydrogens is 342 g/mol. The van der Waals surface area contributed by atoms with Gasteiger partial charge < -0.3 is 10.6 Å². The van der Waals surface area contributed by atoms with Crippen molar-refractivity contribution in [3.63, 3.8) is 0 Å². The number of fused-ring (bicyclic) bond motifs is 1. The van der Waals surface area contributed by atoms with Crippen molar-refractivity contribution >= 4 is 29.3 Å². The highest BCUT2D eigenvalue weighted by Crippen LogP contribution is 2.23. The topological polar surface area (TPSA) is 97.0 Å². The molecule has 1 atom stereocenters. The van der Waals surface area contributed by atoms with Crippen LogP contribution in [-0.2, 0) is 18.3 Å². The van der Waals surface area contributed by atoms with Crippen molar-refractivity contribution in [3.05, 3.63) is 27.2 Å². The van der Waals surface area contributed by atoms with Crippen LogP contribution in [0, 0.1) is 13.8 Å². The Hall–Kier alpha value is -1.86. The summed E-state index contributed by atoms with van der Waals surface area (Å²) in [5.41, 5.74) is 8.78. The fourth-order valence-electron chi connectivity index (χ4n) is 3.74. The van der Waals surface area contributed by atoms with Gasteiger partial charge in [-0.05, 0) is 44.2 Å². The van der Waals surface area contributed by atoms with E-state index in [1.807, 2.05) is 18.7 Å². The van der Waals surface area contributed by atoms with Crippen LogP contribution in [-0.4, -0.2) is 44.7 Å². The third-order valence-electron chi connectivity index (χ3n) is 5.12. The Bertz CT molecular complexity index is 842. The number of rotatable bonds is 3. The van der Waals surface area contributed by atoms with Gasteiger partial charge >= 0.3 is 0 Å². The Kier molecular flexibility index (Phi) is 5.90. The molecule has 3 N–H and O–H groups in total. The quantitative estimate of drug-likeness (QED) is 0.851. The summed E-state index contributed by atoms with van der Waals surface area (Å²) in [4.78, 5) is 31.4. The highest BCUT2D eigenvalue weighted by Gasteiger charge is 2.27. The van der Waals surface area contributed by atoms with Gasteiger partial charge in [-0.2, -0.15) is 0 Å². The molecule has 1 aliphatic heterocycles. The van der Waals surface area contributed by atoms with E-state index in [4.69, 9.17) is 5.73 Å². The second kappa shape index (κ2) is 7.58. The molecule has 3 rings (SSSR count). The predicted molar refractivity (Wildman–Crippen MR) is 100 cm³/mol. The maximum Gasteiger partial charge on any atom is 0.273 e. The van der Waals surface area contributed by atoms with Crippen molar-refractivity contribution < 1.29 is 4.79 Å². The van der Waals surface area contributed by atoms with Gasteiger partial charge in [0, 0.05) is 31.9 Å². The van der Waals surface area contributed by atoms with Crippen LogP contribution in [0.2, 0.25) is 0 Å². The van der Waals surface area contributed by atoms with Gasteiger partial charge in [0.25, 0.3) is 5.56 Å². The van der Waals surface area contributed by atoms with E-state index < -0.39 is 0 Å². The zero-order chi connectivity index (χ0) is 17.4. The number of hydrogen-bond acceptors (Lipinski definition) is 4. The van der Waals surface area contributed by atoms with Crippen LogP contribution in [0.4, 0.5) is 0 Å². The number of nitrogens with zero attached hydrogens (tertiary/aromatic N) is 3. The standard InChI is InChI=1S/C17H25N5O2.ClH/c1-10-13(8-14(23)22-7-5-4-6-12(22)9-18)11(2)19-16-15(10)17(24)20-21(16)3;/h12H,4-9,18H2,1-3H3,(H,20,24);1H. The van der Waals surface area contributed by atoms with E-state index in [2.05, 4.69) is 10.1 Å². The molecule has 0 aliphatic carbocycles. The maximum atomic E-state index is 12.8. The largest absolute Gasteiger partial charge is 0.338 e. The number of nitrogens with two attached hydrogens (primary N) is 1. The lowest BCUT2D eigenvalue weighted by molar-refractivity contribution is -0.133. The van der Waals surface area contributed by atoms with Gasteiger partial charge in [0.05, 0.1) is 11.8 Å². The number of aryl methyl sites for hydroxylation is 3. The average molecular weight is 368 g/mol. The summed E-state index contributed by atoms with van der Waals surface area (Å²) in [5.74, 6) is 0.0739. The molecule has 2 aromatic rings. The van der Waals surface area contributed by atoms with E-state index >= 15 is 0 Å². The Labute approximate surface area is 153 Å². The molecule has 1 aliphatic rings. The number of likely N-dealkylation sites (tertiary alicyclic amines) is 1. The molecule has 0 saturated carbocycles. The van der Waals surface area contributed by atoms with Gasteiger partial charge in [0.1, 0.15) is 0 Å². The first-order chi connectivity index (χ1) is 11.4. The summed E-state index contributed by atoms with van der Waals surface area (Å²) in [6.07, 6.45) is 3.38. The van der Waals surface area contributed by atoms with Gasteiger partial charge in [-0.3, -0.25) is 19.4 Å². The maximum absolute atomic E-state index is 12.8. The van der Waals surface area contributed by atoms with Crippen LogP contribution >= 0.6 is 12.4 Å². The Morgan fingerprint density at radius 1 is 1.36 bits per heavy atom. The Balaban J connectivity index is 0.00000225. The molecule has 0 aromatic carbocycles. The molecule has 1 fully saturated rings. The van der Waals surface area contributed by atoms with Crippen molar-refractivity contribution in [1.82, 2.24) is 19.7 Å². The lowest BCUT2D eigenvalue weighted by Gasteiger charge is -2.35. The van der Waals surface area contributed by atoms with Crippen LogP contribution in [0.1, 0.15) is 36.1 Å². The monoisotopic (exact) mass is 367 g/mol. The smallest absolute Gasteiger partial charge is 0.273 e. The van der Waals surface area contributed by atoms with Crippen LogP contribution in [0.3, 0.4) is 0 Å². The fourth-order valence-corrected chi connectivity index (χ4v) is 3.74. The second-order valence-corrected chi connectivity index (χ2v) is 6.65. The predicted octanol–water partition coefficient (Wildman–Crippen LogP) is 1.18. The number of carbonyl (C=O) groups is 1. The van der Waals surface area contributed by atoms with Gasteiger partial charge in [0.15, 0.2) is 5.65 Å². The number of H-pyrrole nitrogens is 1. The highest BCUT2D eigenvalue weighted by molar-refractivity contribution is 5.85. The van der Waals surface area contributed by atoms with Gasteiger partial charge in [-0.1, -0.05) is 0 Å². The summed E-state index contributed by atoms with van der Waals surface area (Å²) in [7, 11) is 1.76. The number of aromatic nitrogens is 3. The fraction of sp³-hybridized carbons (Fsp3) is 0.588. The van der Waals surface area contributed by atoms with E-state index in [0.29, 0.717) is 17.6 Å². The first kappa shape index (κ1) is 19.5. The normalized spacial score (nSPS) is 17.6. The number of pyridine rings is 1. The summed E-state index contributed by atoms with van der Waals surface area (Å²) in [5, 5.41) is 3.30. The number of nitrogens with one attached hydrogen (secondary N) is 1. The summed E-state index contributed by atoms with van der Waals surface area (Å²) in [6.45, 7) is 5.05. The third-order valence-corrected chi connectivity index (χ3v) is 5.12. The first-order valence-electron chi connectivity index (χ1n) is 8.48. The molecule has 3 heterocycles. The van der Waals surface area contributed by atoms with Crippen molar-refractivity contribution in [2.75, 3.05) is 13.1 Å². The van der Waals surface area contributed by atoms with Crippen molar-refractivity contribution in [2.24, 2.45) is 12.8 Å². The Morgan fingerprint density at radius 2 is 2.08 bits per heavy atom. The van der Waals surface area contributed by atoms with Gasteiger partial charge in [-0.25, -0.2) is 4.98 Å². The Morgan fingerprint density at radius 3 is 2.76 bits per heavy atom. The molecule has 1 amide bonds. The van der Waals surface area contributed by atoms with Crippen LogP contribution in [0.5, 0.6) is 0 Å². The number of carbonyl (C=O) groups excluding carboxylic acids is 1. The van der Waals surface area contributed by atoms with E-state index in [1.165, 1.54) is 0 Å². The molecule has 2 aromatic heterocycles. The zero-order valence-corrected chi connectivity index (χ0v) is 15.8. The van der Waals surface area contributed by atoms with E-state index in [-0.39, 0.29) is 36.3 Å². The average Bonchev–Trinajstić information content (AvgIpc) is 2.85. The molecular formula is C17H26ClN5O2. The molecule has 7 nitrogen and oxygen atoms in total. The number of halogens is 1. The van der Waals surface area contributed by atoms with Crippen molar-refractivity contribution in [1.29, 1.82) is 0 Å². The zero-order valence-electron chi connectivity index (χ0n) is 15.0. The number of amides is 1. The molecule has 0 bridgehead atoms. The minimum atomic E-state index is -0.163. The van der Waals surface area contributed by atoms with E-state index in [1.54, 1.807) is 11.7 Å². The summed E-state index contributed by atoms with van der Waals surface area (Å²) < 4.78 is 1.62.